The quantitative estimate of drug-likeness (QED) is 0.812. The highest BCUT2D eigenvalue weighted by atomic mass is 16.2. The lowest BCUT2D eigenvalue weighted by molar-refractivity contribution is -0.0584. The predicted molar refractivity (Wildman–Crippen MR) is 78.8 cm³/mol. The van der Waals surface area contributed by atoms with Gasteiger partial charge in [-0.25, -0.2) is 4.79 Å². The summed E-state index contributed by atoms with van der Waals surface area (Å²) in [6.07, 6.45) is 8.87. The number of urea groups is 1. The molecule has 2 aliphatic rings. The molecule has 0 bridgehead atoms. The monoisotopic (exact) mass is 266 g/mol. The lowest BCUT2D eigenvalue weighted by Crippen LogP contribution is -2.66. The maximum atomic E-state index is 12.0. The molecule has 1 saturated heterocycles. The predicted octanol–water partition coefficient (Wildman–Crippen LogP) is 3.77. The Morgan fingerprint density at radius 1 is 1.16 bits per heavy atom. The lowest BCUT2D eigenvalue weighted by atomic mass is 9.60. The summed E-state index contributed by atoms with van der Waals surface area (Å²) in [5.74, 6) is 1.69. The summed E-state index contributed by atoms with van der Waals surface area (Å²) in [5, 5.41) is 0. The Morgan fingerprint density at radius 2 is 1.79 bits per heavy atom. The molecule has 0 aromatic rings. The molecule has 110 valence electrons. The minimum Gasteiger partial charge on any atom is -0.351 e. The van der Waals surface area contributed by atoms with Gasteiger partial charge in [0, 0.05) is 6.54 Å². The van der Waals surface area contributed by atoms with Gasteiger partial charge in [-0.05, 0) is 43.4 Å². The van der Waals surface area contributed by atoms with Crippen LogP contribution >= 0.6 is 0 Å². The van der Waals surface area contributed by atoms with E-state index in [0.29, 0.717) is 17.8 Å². The molecule has 0 spiro atoms. The smallest absolute Gasteiger partial charge is 0.315 e. The van der Waals surface area contributed by atoms with Crippen molar-refractivity contribution in [3.63, 3.8) is 0 Å². The Labute approximate surface area is 117 Å². The Balaban J connectivity index is 2.39. The van der Waals surface area contributed by atoms with Crippen LogP contribution in [-0.2, 0) is 0 Å². The summed E-state index contributed by atoms with van der Waals surface area (Å²) >= 11 is 0. The zero-order valence-corrected chi connectivity index (χ0v) is 12.8. The number of likely N-dealkylation sites (tertiary alicyclic amines) is 1. The van der Waals surface area contributed by atoms with Gasteiger partial charge in [-0.3, -0.25) is 0 Å². The number of rotatable bonds is 2. The molecule has 1 aliphatic heterocycles. The van der Waals surface area contributed by atoms with Crippen LogP contribution in [0.25, 0.3) is 0 Å². The van der Waals surface area contributed by atoms with Crippen LogP contribution in [0.15, 0.2) is 0 Å². The zero-order valence-electron chi connectivity index (χ0n) is 12.8. The highest BCUT2D eigenvalue weighted by Gasteiger charge is 2.52. The van der Waals surface area contributed by atoms with Crippen LogP contribution in [0.3, 0.4) is 0 Å². The minimum absolute atomic E-state index is 0.00447. The molecule has 2 N–H and O–H groups in total. The SMILES string of the molecule is CC(C)C1(C2CCCCC2)C(C)CCCN1C(N)=O. The molecule has 2 unspecified atom stereocenters. The minimum atomic E-state index is -0.203. The third kappa shape index (κ3) is 2.36. The molecule has 1 heterocycles. The van der Waals surface area contributed by atoms with Gasteiger partial charge in [0.1, 0.15) is 0 Å². The van der Waals surface area contributed by atoms with E-state index in [1.54, 1.807) is 0 Å². The number of hydrogen-bond donors (Lipinski definition) is 1. The molecule has 2 rings (SSSR count). The van der Waals surface area contributed by atoms with E-state index in [1.807, 2.05) is 4.90 Å². The van der Waals surface area contributed by atoms with E-state index in [4.69, 9.17) is 5.73 Å². The second kappa shape index (κ2) is 5.72. The standard InChI is InChI=1S/C16H30N2O/c1-12(2)16(14-9-5-4-6-10-14)13(3)8-7-11-18(16)15(17)19/h12-14H,4-11H2,1-3H3,(H2,17,19). The van der Waals surface area contributed by atoms with E-state index in [-0.39, 0.29) is 11.6 Å². The summed E-state index contributed by atoms with van der Waals surface area (Å²) in [6, 6.07) is -0.203. The van der Waals surface area contributed by atoms with Crippen molar-refractivity contribution in [1.82, 2.24) is 4.90 Å². The van der Waals surface area contributed by atoms with E-state index < -0.39 is 0 Å². The number of carbonyl (C=O) groups excluding carboxylic acids is 1. The van der Waals surface area contributed by atoms with Gasteiger partial charge in [-0.15, -0.1) is 0 Å². The van der Waals surface area contributed by atoms with Crippen molar-refractivity contribution in [2.75, 3.05) is 6.54 Å². The topological polar surface area (TPSA) is 46.3 Å². The fourth-order valence-corrected chi connectivity index (χ4v) is 5.09. The van der Waals surface area contributed by atoms with E-state index >= 15 is 0 Å². The molecule has 19 heavy (non-hydrogen) atoms. The summed E-state index contributed by atoms with van der Waals surface area (Å²) in [4.78, 5) is 14.1. The fourth-order valence-electron chi connectivity index (χ4n) is 5.09. The van der Waals surface area contributed by atoms with Crippen LogP contribution in [0.2, 0.25) is 0 Å². The van der Waals surface area contributed by atoms with Crippen LogP contribution in [0, 0.1) is 17.8 Å². The van der Waals surface area contributed by atoms with Crippen molar-refractivity contribution < 1.29 is 4.79 Å². The summed E-state index contributed by atoms with van der Waals surface area (Å²) in [7, 11) is 0. The van der Waals surface area contributed by atoms with E-state index in [0.717, 1.165) is 13.0 Å². The average molecular weight is 266 g/mol. The Bertz CT molecular complexity index is 323. The third-order valence-corrected chi connectivity index (χ3v) is 5.73. The van der Waals surface area contributed by atoms with Crippen LogP contribution in [-0.4, -0.2) is 23.0 Å². The van der Waals surface area contributed by atoms with Crippen molar-refractivity contribution >= 4 is 6.03 Å². The Hall–Kier alpha value is -0.730. The first-order valence-corrected chi connectivity index (χ1v) is 8.08. The number of piperidine rings is 1. The normalized spacial score (nSPS) is 33.7. The van der Waals surface area contributed by atoms with Gasteiger partial charge in [0.2, 0.25) is 0 Å². The largest absolute Gasteiger partial charge is 0.351 e. The molecule has 2 atom stereocenters. The van der Waals surface area contributed by atoms with Crippen molar-refractivity contribution in [2.45, 2.75) is 71.3 Å². The van der Waals surface area contributed by atoms with Gasteiger partial charge in [0.05, 0.1) is 5.54 Å². The van der Waals surface area contributed by atoms with Gasteiger partial charge < -0.3 is 10.6 Å². The number of hydrogen-bond acceptors (Lipinski definition) is 1. The molecule has 0 radical (unpaired) electrons. The highest BCUT2D eigenvalue weighted by Crippen LogP contribution is 2.49. The molecule has 1 saturated carbocycles. The number of nitrogens with two attached hydrogens (primary N) is 1. The molecular formula is C16H30N2O. The van der Waals surface area contributed by atoms with Crippen molar-refractivity contribution in [1.29, 1.82) is 0 Å². The van der Waals surface area contributed by atoms with Gasteiger partial charge in [-0.2, -0.15) is 0 Å². The number of amides is 2. The zero-order chi connectivity index (χ0) is 14.0. The summed E-state index contributed by atoms with van der Waals surface area (Å²) in [5.41, 5.74) is 5.74. The second-order valence-corrected chi connectivity index (χ2v) is 6.91. The third-order valence-electron chi connectivity index (χ3n) is 5.73. The van der Waals surface area contributed by atoms with E-state index in [1.165, 1.54) is 38.5 Å². The molecule has 2 amide bonds. The van der Waals surface area contributed by atoms with Gasteiger partial charge >= 0.3 is 6.03 Å². The van der Waals surface area contributed by atoms with E-state index in [9.17, 15) is 4.79 Å². The average Bonchev–Trinajstić information content (AvgIpc) is 2.39. The van der Waals surface area contributed by atoms with E-state index in [2.05, 4.69) is 20.8 Å². The van der Waals surface area contributed by atoms with Gasteiger partial charge in [-0.1, -0.05) is 40.0 Å². The first-order chi connectivity index (χ1) is 9.01. The van der Waals surface area contributed by atoms with Crippen LogP contribution in [0.5, 0.6) is 0 Å². The highest BCUT2D eigenvalue weighted by molar-refractivity contribution is 5.73. The maximum absolute atomic E-state index is 12.0. The summed E-state index contributed by atoms with van der Waals surface area (Å²) < 4.78 is 0. The van der Waals surface area contributed by atoms with Crippen LogP contribution < -0.4 is 5.73 Å². The molecule has 3 nitrogen and oxygen atoms in total. The molecule has 0 aromatic heterocycles. The Kier molecular flexibility index (Phi) is 4.42. The number of nitrogens with zero attached hydrogens (tertiary/aromatic N) is 1. The molecule has 0 aromatic carbocycles. The molecule has 2 fully saturated rings. The first-order valence-electron chi connectivity index (χ1n) is 8.08. The number of carbonyl (C=O) groups is 1. The molecule has 1 aliphatic carbocycles. The second-order valence-electron chi connectivity index (χ2n) is 6.91. The fraction of sp³-hybridized carbons (Fsp3) is 0.938. The lowest BCUT2D eigenvalue weighted by Gasteiger charge is -2.58. The molecule has 3 heteroatoms. The maximum Gasteiger partial charge on any atom is 0.315 e. The number of primary amides is 1. The van der Waals surface area contributed by atoms with Crippen LogP contribution in [0.4, 0.5) is 4.79 Å². The van der Waals surface area contributed by atoms with Gasteiger partial charge in [0.25, 0.3) is 0 Å². The molecular weight excluding hydrogens is 236 g/mol. The first kappa shape index (κ1) is 14.7. The van der Waals surface area contributed by atoms with Crippen molar-refractivity contribution in [2.24, 2.45) is 23.5 Å². The summed E-state index contributed by atoms with van der Waals surface area (Å²) in [6.45, 7) is 7.76. The Morgan fingerprint density at radius 3 is 2.32 bits per heavy atom. The van der Waals surface area contributed by atoms with Gasteiger partial charge in [0.15, 0.2) is 0 Å². The van der Waals surface area contributed by atoms with Crippen LogP contribution in [0.1, 0.15) is 65.7 Å². The van der Waals surface area contributed by atoms with Crippen molar-refractivity contribution in [3.05, 3.63) is 0 Å². The van der Waals surface area contributed by atoms with Crippen molar-refractivity contribution in [3.8, 4) is 0 Å².